The lowest BCUT2D eigenvalue weighted by molar-refractivity contribution is -0.136. The summed E-state index contributed by atoms with van der Waals surface area (Å²) in [6.07, 6.45) is 2.70. The monoisotopic (exact) mass is 383 g/mol. The molecule has 3 rings (SSSR count). The number of nitrogens with one attached hydrogen (secondary N) is 2. The number of anilines is 2. The first-order valence-corrected chi connectivity index (χ1v) is 8.60. The molecule has 1 amide bonds. The second-order valence-electron chi connectivity index (χ2n) is 6.23. The Hall–Kier alpha value is -2.28. The number of rotatable bonds is 4. The third-order valence-corrected chi connectivity index (χ3v) is 4.50. The third kappa shape index (κ3) is 4.46. The first kappa shape index (κ1) is 18.5. The molecule has 8 heteroatoms. The average molecular weight is 384 g/mol. The molecule has 2 N–H and O–H groups in total. The number of hydrogen-bond acceptors (Lipinski definition) is 3. The minimum atomic E-state index is -4.63. The lowest BCUT2D eigenvalue weighted by Crippen LogP contribution is -2.18. The molecular formula is C18H17ClF3N3O. The van der Waals surface area contributed by atoms with Crippen molar-refractivity contribution in [2.45, 2.75) is 37.9 Å². The predicted octanol–water partition coefficient (Wildman–Crippen LogP) is 5.36. The fourth-order valence-corrected chi connectivity index (χ4v) is 3.18. The van der Waals surface area contributed by atoms with Gasteiger partial charge in [-0.25, -0.2) is 0 Å². The van der Waals surface area contributed by atoms with E-state index in [1.807, 2.05) is 0 Å². The van der Waals surface area contributed by atoms with Gasteiger partial charge in [-0.05, 0) is 37.1 Å². The van der Waals surface area contributed by atoms with Crippen LogP contribution in [0.2, 0.25) is 5.02 Å². The van der Waals surface area contributed by atoms with Crippen LogP contribution in [0.4, 0.5) is 24.5 Å². The van der Waals surface area contributed by atoms with E-state index in [-0.39, 0.29) is 16.3 Å². The highest BCUT2D eigenvalue weighted by atomic mass is 35.5. The Labute approximate surface area is 153 Å². The van der Waals surface area contributed by atoms with Crippen molar-refractivity contribution in [1.82, 2.24) is 4.98 Å². The largest absolute Gasteiger partial charge is 0.418 e. The molecule has 0 unspecified atom stereocenters. The van der Waals surface area contributed by atoms with Gasteiger partial charge in [0.15, 0.2) is 0 Å². The minimum absolute atomic E-state index is 0.0558. The quantitative estimate of drug-likeness (QED) is 0.747. The number of nitrogens with zero attached hydrogens (tertiary/aromatic N) is 1. The molecule has 138 valence electrons. The van der Waals surface area contributed by atoms with E-state index in [1.165, 1.54) is 12.3 Å². The van der Waals surface area contributed by atoms with Gasteiger partial charge >= 0.3 is 6.18 Å². The van der Waals surface area contributed by atoms with E-state index in [0.717, 1.165) is 37.8 Å². The molecule has 0 saturated heterocycles. The summed E-state index contributed by atoms with van der Waals surface area (Å²) in [5, 5.41) is 5.54. The second kappa shape index (κ2) is 7.53. The van der Waals surface area contributed by atoms with Gasteiger partial charge in [-0.15, -0.1) is 0 Å². The lowest BCUT2D eigenvalue weighted by Gasteiger charge is -2.15. The second-order valence-corrected chi connectivity index (χ2v) is 6.67. The van der Waals surface area contributed by atoms with Gasteiger partial charge in [-0.2, -0.15) is 13.2 Å². The van der Waals surface area contributed by atoms with Crippen molar-refractivity contribution >= 4 is 28.9 Å². The Morgan fingerprint density at radius 3 is 2.58 bits per heavy atom. The van der Waals surface area contributed by atoms with Crippen molar-refractivity contribution in [3.63, 3.8) is 0 Å². The fraction of sp³-hybridized carbons (Fsp3) is 0.333. The van der Waals surface area contributed by atoms with Crippen molar-refractivity contribution in [2.24, 2.45) is 0 Å². The summed E-state index contributed by atoms with van der Waals surface area (Å²) in [6, 6.07) is 5.14. The zero-order chi connectivity index (χ0) is 18.7. The summed E-state index contributed by atoms with van der Waals surface area (Å²) in [7, 11) is 0. The van der Waals surface area contributed by atoms with Crippen molar-refractivity contribution < 1.29 is 18.0 Å². The molecule has 1 aromatic heterocycles. The molecule has 1 aliphatic carbocycles. The maximum atomic E-state index is 13.1. The number of halogens is 4. The van der Waals surface area contributed by atoms with Crippen LogP contribution in [0.25, 0.3) is 0 Å². The number of carbonyl (C=O) groups excluding carboxylic acids is 1. The molecule has 1 aliphatic rings. The molecule has 4 nitrogen and oxygen atoms in total. The molecule has 2 aromatic rings. The first-order valence-electron chi connectivity index (χ1n) is 8.22. The van der Waals surface area contributed by atoms with Gasteiger partial charge in [0.1, 0.15) is 0 Å². The van der Waals surface area contributed by atoms with Crippen molar-refractivity contribution in [1.29, 1.82) is 0 Å². The molecule has 1 aromatic carbocycles. The standard InChI is InChI=1S/C18H17ClF3N3O/c19-12-5-6-16(15(8-12)18(20,21)22)25-17(26)11-7-14(10-23-9-11)24-13-3-1-2-4-13/h5-10,13,24H,1-4H2,(H,25,26). The number of pyridine rings is 1. The van der Waals surface area contributed by atoms with E-state index >= 15 is 0 Å². The smallest absolute Gasteiger partial charge is 0.381 e. The fourth-order valence-electron chi connectivity index (χ4n) is 3.00. The summed E-state index contributed by atoms with van der Waals surface area (Å²) in [6.45, 7) is 0. The minimum Gasteiger partial charge on any atom is -0.381 e. The number of benzene rings is 1. The molecule has 0 radical (unpaired) electrons. The van der Waals surface area contributed by atoms with Crippen LogP contribution in [-0.2, 0) is 6.18 Å². The van der Waals surface area contributed by atoms with Crippen LogP contribution >= 0.6 is 11.6 Å². The van der Waals surface area contributed by atoms with Crippen molar-refractivity contribution in [3.05, 3.63) is 52.8 Å². The van der Waals surface area contributed by atoms with Crippen LogP contribution in [0.15, 0.2) is 36.7 Å². The van der Waals surface area contributed by atoms with Gasteiger partial charge in [-0.1, -0.05) is 24.4 Å². The van der Waals surface area contributed by atoms with Gasteiger partial charge in [-0.3, -0.25) is 9.78 Å². The zero-order valence-electron chi connectivity index (χ0n) is 13.7. The summed E-state index contributed by atoms with van der Waals surface area (Å²) in [5.74, 6) is -0.666. The Morgan fingerprint density at radius 1 is 1.15 bits per heavy atom. The molecule has 0 bridgehead atoms. The maximum absolute atomic E-state index is 13.1. The first-order chi connectivity index (χ1) is 12.3. The number of aromatic nitrogens is 1. The average Bonchev–Trinajstić information content (AvgIpc) is 3.08. The predicted molar refractivity (Wildman–Crippen MR) is 94.5 cm³/mol. The van der Waals surface area contributed by atoms with Gasteiger partial charge in [0.05, 0.1) is 22.5 Å². The summed E-state index contributed by atoms with van der Waals surface area (Å²) < 4.78 is 39.4. The van der Waals surface area contributed by atoms with Gasteiger partial charge < -0.3 is 10.6 Å². The van der Waals surface area contributed by atoms with E-state index in [0.29, 0.717) is 11.7 Å². The molecule has 0 aliphatic heterocycles. The maximum Gasteiger partial charge on any atom is 0.418 e. The van der Waals surface area contributed by atoms with Crippen LogP contribution in [-0.4, -0.2) is 16.9 Å². The SMILES string of the molecule is O=C(Nc1ccc(Cl)cc1C(F)(F)F)c1cncc(NC2CCCC2)c1. The molecule has 0 atom stereocenters. The van der Waals surface area contributed by atoms with E-state index in [9.17, 15) is 18.0 Å². The Balaban J connectivity index is 1.78. The number of amides is 1. The molecule has 26 heavy (non-hydrogen) atoms. The van der Waals surface area contributed by atoms with E-state index in [1.54, 1.807) is 12.3 Å². The van der Waals surface area contributed by atoms with Gasteiger partial charge in [0.2, 0.25) is 0 Å². The molecule has 1 fully saturated rings. The molecular weight excluding hydrogens is 367 g/mol. The summed E-state index contributed by atoms with van der Waals surface area (Å²) in [4.78, 5) is 16.4. The van der Waals surface area contributed by atoms with Gasteiger partial charge in [0.25, 0.3) is 5.91 Å². The molecule has 0 spiro atoms. The molecule has 1 saturated carbocycles. The van der Waals surface area contributed by atoms with Crippen molar-refractivity contribution in [3.8, 4) is 0 Å². The topological polar surface area (TPSA) is 54.0 Å². The zero-order valence-corrected chi connectivity index (χ0v) is 14.5. The Kier molecular flexibility index (Phi) is 5.36. The van der Waals surface area contributed by atoms with E-state index < -0.39 is 17.6 Å². The van der Waals surface area contributed by atoms with Crippen LogP contribution in [0.3, 0.4) is 0 Å². The third-order valence-electron chi connectivity index (χ3n) is 4.26. The van der Waals surface area contributed by atoms with Crippen LogP contribution in [0, 0.1) is 0 Å². The lowest BCUT2D eigenvalue weighted by atomic mass is 10.1. The number of carbonyl (C=O) groups is 1. The Bertz CT molecular complexity index is 805. The van der Waals surface area contributed by atoms with Gasteiger partial charge in [0, 0.05) is 23.5 Å². The van der Waals surface area contributed by atoms with Crippen LogP contribution < -0.4 is 10.6 Å². The van der Waals surface area contributed by atoms with Crippen molar-refractivity contribution in [2.75, 3.05) is 10.6 Å². The Morgan fingerprint density at radius 2 is 1.88 bits per heavy atom. The van der Waals surface area contributed by atoms with E-state index in [4.69, 9.17) is 11.6 Å². The highest BCUT2D eigenvalue weighted by Crippen LogP contribution is 2.36. The summed E-state index contributed by atoms with van der Waals surface area (Å²) in [5.41, 5.74) is -0.486. The molecule has 1 heterocycles. The van der Waals surface area contributed by atoms with Crippen LogP contribution in [0.1, 0.15) is 41.6 Å². The van der Waals surface area contributed by atoms with Crippen LogP contribution in [0.5, 0.6) is 0 Å². The number of alkyl halides is 3. The summed E-state index contributed by atoms with van der Waals surface area (Å²) >= 11 is 5.65. The highest BCUT2D eigenvalue weighted by molar-refractivity contribution is 6.30. The highest BCUT2D eigenvalue weighted by Gasteiger charge is 2.34. The number of hydrogen-bond donors (Lipinski definition) is 2. The van der Waals surface area contributed by atoms with E-state index in [2.05, 4.69) is 15.6 Å². The normalized spacial score (nSPS) is 15.1.